The van der Waals surface area contributed by atoms with Crippen molar-refractivity contribution in [3.05, 3.63) is 60.7 Å². The molecule has 0 radical (unpaired) electrons. The molecule has 1 aromatic heterocycles. The first-order valence-electron chi connectivity index (χ1n) is 7.65. The SMILES string of the molecule is COc1ccc(OC)c(CC(=O)Nc2ccc(-n3cncn3)cc2)c1. The topological polar surface area (TPSA) is 78.3 Å². The molecule has 0 aliphatic rings. The van der Waals surface area contributed by atoms with E-state index in [-0.39, 0.29) is 12.3 Å². The Balaban J connectivity index is 1.68. The molecule has 0 aliphatic heterocycles. The number of ether oxygens (including phenoxy) is 2. The summed E-state index contributed by atoms with van der Waals surface area (Å²) < 4.78 is 12.1. The summed E-state index contributed by atoms with van der Waals surface area (Å²) in [6.45, 7) is 0. The van der Waals surface area contributed by atoms with Crippen molar-refractivity contribution >= 4 is 11.6 Å². The van der Waals surface area contributed by atoms with Gasteiger partial charge >= 0.3 is 0 Å². The van der Waals surface area contributed by atoms with Crippen molar-refractivity contribution in [2.45, 2.75) is 6.42 Å². The first kappa shape index (κ1) is 16.5. The van der Waals surface area contributed by atoms with Crippen molar-refractivity contribution in [2.24, 2.45) is 0 Å². The van der Waals surface area contributed by atoms with Crippen LogP contribution in [0.5, 0.6) is 11.5 Å². The first-order chi connectivity index (χ1) is 12.2. The quantitative estimate of drug-likeness (QED) is 0.747. The zero-order valence-corrected chi connectivity index (χ0v) is 14.0. The summed E-state index contributed by atoms with van der Waals surface area (Å²) in [7, 11) is 3.16. The molecule has 1 N–H and O–H groups in total. The number of aromatic nitrogens is 3. The molecular weight excluding hydrogens is 320 g/mol. The van der Waals surface area contributed by atoms with Gasteiger partial charge in [-0.1, -0.05) is 0 Å². The minimum Gasteiger partial charge on any atom is -0.497 e. The molecule has 3 rings (SSSR count). The van der Waals surface area contributed by atoms with Crippen LogP contribution in [0, 0.1) is 0 Å². The van der Waals surface area contributed by atoms with Crippen LogP contribution in [0.3, 0.4) is 0 Å². The van der Waals surface area contributed by atoms with Crippen LogP contribution in [-0.4, -0.2) is 34.9 Å². The molecular formula is C18H18N4O3. The summed E-state index contributed by atoms with van der Waals surface area (Å²) >= 11 is 0. The van der Waals surface area contributed by atoms with E-state index in [1.807, 2.05) is 24.3 Å². The van der Waals surface area contributed by atoms with E-state index in [1.54, 1.807) is 43.4 Å². The third kappa shape index (κ3) is 3.95. The van der Waals surface area contributed by atoms with Gasteiger partial charge in [0.15, 0.2) is 0 Å². The number of anilines is 1. The molecule has 7 nitrogen and oxygen atoms in total. The van der Waals surface area contributed by atoms with Gasteiger partial charge in [-0.2, -0.15) is 5.10 Å². The molecule has 0 spiro atoms. The van der Waals surface area contributed by atoms with Gasteiger partial charge in [-0.05, 0) is 42.5 Å². The van der Waals surface area contributed by atoms with Gasteiger partial charge in [0.05, 0.1) is 26.3 Å². The molecule has 128 valence electrons. The average Bonchev–Trinajstić information content (AvgIpc) is 3.17. The number of carbonyl (C=O) groups is 1. The number of amides is 1. The summed E-state index contributed by atoms with van der Waals surface area (Å²) in [6, 6.07) is 12.7. The molecule has 0 saturated heterocycles. The minimum absolute atomic E-state index is 0.139. The van der Waals surface area contributed by atoms with E-state index in [0.717, 1.165) is 11.3 Å². The fourth-order valence-electron chi connectivity index (χ4n) is 2.44. The number of hydrogen-bond acceptors (Lipinski definition) is 5. The highest BCUT2D eigenvalue weighted by atomic mass is 16.5. The zero-order valence-electron chi connectivity index (χ0n) is 14.0. The Labute approximate surface area is 145 Å². The highest BCUT2D eigenvalue weighted by Gasteiger charge is 2.11. The first-order valence-corrected chi connectivity index (χ1v) is 7.65. The molecule has 0 bridgehead atoms. The fourth-order valence-corrected chi connectivity index (χ4v) is 2.44. The predicted molar refractivity (Wildman–Crippen MR) is 93.2 cm³/mol. The van der Waals surface area contributed by atoms with Gasteiger partial charge in [0, 0.05) is 11.3 Å². The molecule has 0 unspecified atom stereocenters. The third-order valence-corrected chi connectivity index (χ3v) is 3.67. The Morgan fingerprint density at radius 3 is 2.56 bits per heavy atom. The number of nitrogens with zero attached hydrogens (tertiary/aromatic N) is 3. The monoisotopic (exact) mass is 338 g/mol. The molecule has 0 saturated carbocycles. The molecule has 1 amide bonds. The lowest BCUT2D eigenvalue weighted by Gasteiger charge is -2.11. The molecule has 7 heteroatoms. The van der Waals surface area contributed by atoms with Crippen molar-refractivity contribution < 1.29 is 14.3 Å². The summed E-state index contributed by atoms with van der Waals surface area (Å²) in [4.78, 5) is 16.2. The number of methoxy groups -OCH3 is 2. The molecule has 25 heavy (non-hydrogen) atoms. The molecule has 2 aromatic carbocycles. The van der Waals surface area contributed by atoms with Crippen LogP contribution in [0.15, 0.2) is 55.1 Å². The molecule has 1 heterocycles. The van der Waals surface area contributed by atoms with Gasteiger partial charge in [-0.15, -0.1) is 0 Å². The van der Waals surface area contributed by atoms with Gasteiger partial charge in [0.1, 0.15) is 24.2 Å². The van der Waals surface area contributed by atoms with Crippen LogP contribution in [0.2, 0.25) is 0 Å². The van der Waals surface area contributed by atoms with Crippen molar-refractivity contribution in [3.8, 4) is 17.2 Å². The Bertz CT molecular complexity index is 845. The summed E-state index contributed by atoms with van der Waals surface area (Å²) in [5.41, 5.74) is 2.33. The van der Waals surface area contributed by atoms with Gasteiger partial charge in [-0.3, -0.25) is 4.79 Å². The minimum atomic E-state index is -0.139. The van der Waals surface area contributed by atoms with Gasteiger partial charge in [0.2, 0.25) is 5.91 Å². The van der Waals surface area contributed by atoms with E-state index in [0.29, 0.717) is 17.2 Å². The van der Waals surface area contributed by atoms with Crippen LogP contribution < -0.4 is 14.8 Å². The fraction of sp³-hybridized carbons (Fsp3) is 0.167. The Kier molecular flexibility index (Phi) is 4.94. The van der Waals surface area contributed by atoms with Crippen LogP contribution in [0.25, 0.3) is 5.69 Å². The molecule has 0 aliphatic carbocycles. The van der Waals surface area contributed by atoms with E-state index in [4.69, 9.17) is 9.47 Å². The Hall–Kier alpha value is -3.35. The summed E-state index contributed by atoms with van der Waals surface area (Å²) in [6.07, 6.45) is 3.27. The van der Waals surface area contributed by atoms with Crippen LogP contribution >= 0.6 is 0 Å². The number of rotatable bonds is 6. The van der Waals surface area contributed by atoms with Crippen molar-refractivity contribution in [1.82, 2.24) is 14.8 Å². The normalized spacial score (nSPS) is 10.3. The summed E-state index contributed by atoms with van der Waals surface area (Å²) in [5.74, 6) is 1.19. The van der Waals surface area contributed by atoms with E-state index in [9.17, 15) is 4.79 Å². The second kappa shape index (κ2) is 7.48. The summed E-state index contributed by atoms with van der Waals surface area (Å²) in [5, 5.41) is 6.93. The van der Waals surface area contributed by atoms with Gasteiger partial charge < -0.3 is 14.8 Å². The van der Waals surface area contributed by atoms with Crippen LogP contribution in [0.1, 0.15) is 5.56 Å². The molecule has 0 fully saturated rings. The second-order valence-electron chi connectivity index (χ2n) is 5.29. The lowest BCUT2D eigenvalue weighted by Crippen LogP contribution is -2.15. The highest BCUT2D eigenvalue weighted by Crippen LogP contribution is 2.24. The smallest absolute Gasteiger partial charge is 0.228 e. The van der Waals surface area contributed by atoms with Gasteiger partial charge in [-0.25, -0.2) is 9.67 Å². The maximum absolute atomic E-state index is 12.3. The Morgan fingerprint density at radius 1 is 1.12 bits per heavy atom. The van der Waals surface area contributed by atoms with E-state index in [1.165, 1.54) is 6.33 Å². The van der Waals surface area contributed by atoms with E-state index < -0.39 is 0 Å². The van der Waals surface area contributed by atoms with Crippen LogP contribution in [-0.2, 0) is 11.2 Å². The van der Waals surface area contributed by atoms with Crippen molar-refractivity contribution in [2.75, 3.05) is 19.5 Å². The Morgan fingerprint density at radius 2 is 1.92 bits per heavy atom. The third-order valence-electron chi connectivity index (χ3n) is 3.67. The second-order valence-corrected chi connectivity index (χ2v) is 5.29. The highest BCUT2D eigenvalue weighted by molar-refractivity contribution is 5.92. The largest absolute Gasteiger partial charge is 0.497 e. The van der Waals surface area contributed by atoms with E-state index in [2.05, 4.69) is 15.4 Å². The number of hydrogen-bond donors (Lipinski definition) is 1. The molecule has 3 aromatic rings. The van der Waals surface area contributed by atoms with Crippen molar-refractivity contribution in [1.29, 1.82) is 0 Å². The average molecular weight is 338 g/mol. The van der Waals surface area contributed by atoms with Gasteiger partial charge in [0.25, 0.3) is 0 Å². The number of benzene rings is 2. The maximum Gasteiger partial charge on any atom is 0.228 e. The number of nitrogens with one attached hydrogen (secondary N) is 1. The van der Waals surface area contributed by atoms with E-state index >= 15 is 0 Å². The lowest BCUT2D eigenvalue weighted by molar-refractivity contribution is -0.115. The number of carbonyl (C=O) groups excluding carboxylic acids is 1. The zero-order chi connectivity index (χ0) is 17.6. The van der Waals surface area contributed by atoms with Crippen LogP contribution in [0.4, 0.5) is 5.69 Å². The maximum atomic E-state index is 12.3. The molecule has 0 atom stereocenters. The predicted octanol–water partition coefficient (Wildman–Crippen LogP) is 2.47. The lowest BCUT2D eigenvalue weighted by atomic mass is 10.1. The standard InChI is InChI=1S/C18H18N4O3/c1-24-16-7-8-17(25-2)13(9-16)10-18(23)21-14-3-5-15(6-4-14)22-12-19-11-20-22/h3-9,11-12H,10H2,1-2H3,(H,21,23). The van der Waals surface area contributed by atoms with Crippen molar-refractivity contribution in [3.63, 3.8) is 0 Å².